The van der Waals surface area contributed by atoms with Gasteiger partial charge in [0, 0.05) is 43.9 Å². The van der Waals surface area contributed by atoms with Gasteiger partial charge in [0.05, 0.1) is 6.04 Å². The van der Waals surface area contributed by atoms with Crippen molar-refractivity contribution in [3.63, 3.8) is 0 Å². The Morgan fingerprint density at radius 1 is 1.03 bits per heavy atom. The van der Waals surface area contributed by atoms with Crippen molar-refractivity contribution in [3.8, 4) is 0 Å². The molecule has 5 rings (SSSR count). The highest BCUT2D eigenvalue weighted by Crippen LogP contribution is 2.35. The molecule has 0 fully saturated rings. The predicted octanol–water partition coefficient (Wildman–Crippen LogP) is 4.39. The average Bonchev–Trinajstić information content (AvgIpc) is 3.28. The summed E-state index contributed by atoms with van der Waals surface area (Å²) >= 11 is 0. The van der Waals surface area contributed by atoms with Crippen molar-refractivity contribution in [2.75, 3.05) is 37.0 Å². The van der Waals surface area contributed by atoms with Gasteiger partial charge < -0.3 is 19.5 Å². The number of anilines is 2. The number of benzene rings is 3. The molecule has 1 aromatic heterocycles. The number of carbonyl (C=O) groups is 1. The standard InChI is InChI=1S/C28H27N3O3/c1-30(2)22-13-11-20(12-14-22)25(31-16-15-19-7-3-5-9-24(19)31)18-29-27(32)23-17-21-8-4-6-10-26(21)34-28(23)33/h3-14,17,25H,15-16,18H2,1-2H3,(H,29,32)/t25-/m0/s1. The first-order valence-electron chi connectivity index (χ1n) is 11.4. The van der Waals surface area contributed by atoms with Crippen molar-refractivity contribution in [2.45, 2.75) is 12.5 Å². The maximum Gasteiger partial charge on any atom is 0.349 e. The number of fused-ring (bicyclic) bond motifs is 2. The van der Waals surface area contributed by atoms with E-state index in [-0.39, 0.29) is 11.6 Å². The van der Waals surface area contributed by atoms with E-state index in [1.165, 1.54) is 11.3 Å². The largest absolute Gasteiger partial charge is 0.422 e. The summed E-state index contributed by atoms with van der Waals surface area (Å²) in [5.41, 5.74) is 4.56. The Balaban J connectivity index is 1.44. The lowest BCUT2D eigenvalue weighted by Gasteiger charge is -2.31. The molecule has 34 heavy (non-hydrogen) atoms. The number of hydrogen-bond donors (Lipinski definition) is 1. The number of amides is 1. The van der Waals surface area contributed by atoms with E-state index >= 15 is 0 Å². The summed E-state index contributed by atoms with van der Waals surface area (Å²) in [5.74, 6) is -0.429. The van der Waals surface area contributed by atoms with Gasteiger partial charge in [0.25, 0.3) is 5.91 Å². The van der Waals surface area contributed by atoms with Crippen LogP contribution in [0.3, 0.4) is 0 Å². The minimum atomic E-state index is -0.630. The van der Waals surface area contributed by atoms with Crippen molar-refractivity contribution in [1.29, 1.82) is 0 Å². The first kappa shape index (κ1) is 21.8. The summed E-state index contributed by atoms with van der Waals surface area (Å²) in [6, 6.07) is 25.5. The van der Waals surface area contributed by atoms with E-state index < -0.39 is 11.5 Å². The van der Waals surface area contributed by atoms with Gasteiger partial charge in [-0.3, -0.25) is 4.79 Å². The van der Waals surface area contributed by atoms with Gasteiger partial charge in [-0.15, -0.1) is 0 Å². The molecule has 0 aliphatic carbocycles. The van der Waals surface area contributed by atoms with Crippen LogP contribution in [0.4, 0.5) is 11.4 Å². The van der Waals surface area contributed by atoms with Gasteiger partial charge in [-0.2, -0.15) is 0 Å². The molecule has 0 saturated carbocycles. The summed E-state index contributed by atoms with van der Waals surface area (Å²) in [6.45, 7) is 1.23. The van der Waals surface area contributed by atoms with Gasteiger partial charge in [-0.05, 0) is 47.9 Å². The van der Waals surface area contributed by atoms with Crippen LogP contribution in [0.15, 0.2) is 88.1 Å². The number of carbonyl (C=O) groups excluding carboxylic acids is 1. The third-order valence-corrected chi connectivity index (χ3v) is 6.44. The average molecular weight is 454 g/mol. The Morgan fingerprint density at radius 3 is 2.56 bits per heavy atom. The number of nitrogens with zero attached hydrogens (tertiary/aromatic N) is 2. The van der Waals surface area contributed by atoms with Gasteiger partial charge in [0.2, 0.25) is 0 Å². The molecular formula is C28H27N3O3. The second kappa shape index (κ2) is 9.06. The van der Waals surface area contributed by atoms with E-state index in [1.54, 1.807) is 18.2 Å². The molecule has 1 aliphatic rings. The molecule has 0 radical (unpaired) electrons. The highest BCUT2D eigenvalue weighted by Gasteiger charge is 2.28. The summed E-state index contributed by atoms with van der Waals surface area (Å²) < 4.78 is 5.36. The van der Waals surface area contributed by atoms with Crippen LogP contribution in [0, 0.1) is 0 Å². The Bertz CT molecular complexity index is 1390. The van der Waals surface area contributed by atoms with Gasteiger partial charge in [-0.25, -0.2) is 4.79 Å². The van der Waals surface area contributed by atoms with E-state index in [0.717, 1.165) is 29.6 Å². The molecule has 2 heterocycles. The van der Waals surface area contributed by atoms with Crippen LogP contribution in [-0.4, -0.2) is 33.1 Å². The monoisotopic (exact) mass is 453 g/mol. The molecule has 0 unspecified atom stereocenters. The van der Waals surface area contributed by atoms with Crippen molar-refractivity contribution < 1.29 is 9.21 Å². The number of para-hydroxylation sites is 2. The van der Waals surface area contributed by atoms with Crippen molar-refractivity contribution in [2.24, 2.45) is 0 Å². The number of nitrogens with one attached hydrogen (secondary N) is 1. The van der Waals surface area contributed by atoms with E-state index in [4.69, 9.17) is 4.42 Å². The fourth-order valence-electron chi connectivity index (χ4n) is 4.59. The van der Waals surface area contributed by atoms with E-state index in [2.05, 4.69) is 57.6 Å². The maximum atomic E-state index is 13.1. The van der Waals surface area contributed by atoms with Crippen LogP contribution in [-0.2, 0) is 6.42 Å². The van der Waals surface area contributed by atoms with Gasteiger partial charge in [0.1, 0.15) is 11.1 Å². The van der Waals surface area contributed by atoms with Gasteiger partial charge >= 0.3 is 5.63 Å². The molecule has 0 bridgehead atoms. The van der Waals surface area contributed by atoms with Crippen LogP contribution >= 0.6 is 0 Å². The highest BCUT2D eigenvalue weighted by molar-refractivity contribution is 5.96. The molecule has 6 heteroatoms. The summed E-state index contributed by atoms with van der Waals surface area (Å²) in [5, 5.41) is 3.72. The minimum Gasteiger partial charge on any atom is -0.422 e. The lowest BCUT2D eigenvalue weighted by molar-refractivity contribution is 0.0947. The number of rotatable bonds is 6. The lowest BCUT2D eigenvalue weighted by atomic mass is 10.0. The van der Waals surface area contributed by atoms with Gasteiger partial charge in [0.15, 0.2) is 0 Å². The lowest BCUT2D eigenvalue weighted by Crippen LogP contribution is -2.38. The number of hydrogen-bond acceptors (Lipinski definition) is 5. The molecule has 1 aliphatic heterocycles. The molecule has 1 N–H and O–H groups in total. The first-order chi connectivity index (χ1) is 16.5. The SMILES string of the molecule is CN(C)c1ccc([C@H](CNC(=O)c2cc3ccccc3oc2=O)N2CCc3ccccc32)cc1. The van der Waals surface area contributed by atoms with Crippen molar-refractivity contribution >= 4 is 28.3 Å². The molecule has 0 saturated heterocycles. The Labute approximate surface area is 198 Å². The third-order valence-electron chi connectivity index (χ3n) is 6.44. The molecule has 0 spiro atoms. The van der Waals surface area contributed by atoms with Crippen LogP contribution in [0.25, 0.3) is 11.0 Å². The predicted molar refractivity (Wildman–Crippen MR) is 136 cm³/mol. The molecule has 3 aromatic carbocycles. The summed E-state index contributed by atoms with van der Waals surface area (Å²) in [6.07, 6.45) is 0.963. The van der Waals surface area contributed by atoms with Crippen LogP contribution in [0.1, 0.15) is 27.5 Å². The zero-order valence-corrected chi connectivity index (χ0v) is 19.3. The molecule has 6 nitrogen and oxygen atoms in total. The zero-order chi connectivity index (χ0) is 23.7. The zero-order valence-electron chi connectivity index (χ0n) is 19.3. The van der Waals surface area contributed by atoms with Crippen LogP contribution in [0.2, 0.25) is 0 Å². The Morgan fingerprint density at radius 2 is 1.76 bits per heavy atom. The second-order valence-corrected chi connectivity index (χ2v) is 8.77. The van der Waals surface area contributed by atoms with E-state index in [9.17, 15) is 9.59 Å². The maximum absolute atomic E-state index is 13.1. The minimum absolute atomic E-state index is 0.0160. The van der Waals surface area contributed by atoms with E-state index in [1.807, 2.05) is 32.3 Å². The van der Waals surface area contributed by atoms with Crippen LogP contribution in [0.5, 0.6) is 0 Å². The van der Waals surface area contributed by atoms with Crippen molar-refractivity contribution in [3.05, 3.63) is 106 Å². The Kier molecular flexibility index (Phi) is 5.80. The summed E-state index contributed by atoms with van der Waals surface area (Å²) in [7, 11) is 4.02. The van der Waals surface area contributed by atoms with E-state index in [0.29, 0.717) is 12.1 Å². The third kappa shape index (κ3) is 4.15. The second-order valence-electron chi connectivity index (χ2n) is 8.77. The molecule has 1 amide bonds. The summed E-state index contributed by atoms with van der Waals surface area (Å²) in [4.78, 5) is 29.9. The quantitative estimate of drug-likeness (QED) is 0.439. The molecule has 1 atom stereocenters. The topological polar surface area (TPSA) is 65.8 Å². The molecular weight excluding hydrogens is 426 g/mol. The first-order valence-corrected chi connectivity index (χ1v) is 11.4. The fourth-order valence-corrected chi connectivity index (χ4v) is 4.59. The highest BCUT2D eigenvalue weighted by atomic mass is 16.4. The smallest absolute Gasteiger partial charge is 0.349 e. The molecule has 4 aromatic rings. The van der Waals surface area contributed by atoms with Crippen LogP contribution < -0.4 is 20.7 Å². The molecule has 172 valence electrons. The normalized spacial score (nSPS) is 13.5. The fraction of sp³-hybridized carbons (Fsp3) is 0.214. The van der Waals surface area contributed by atoms with Crippen molar-refractivity contribution in [1.82, 2.24) is 5.32 Å². The Hall–Kier alpha value is -4.06. The van der Waals surface area contributed by atoms with Gasteiger partial charge in [-0.1, -0.05) is 48.5 Å².